The van der Waals surface area contributed by atoms with Crippen molar-refractivity contribution in [2.75, 3.05) is 19.3 Å². The van der Waals surface area contributed by atoms with Crippen molar-refractivity contribution in [2.45, 2.75) is 24.8 Å². The first-order chi connectivity index (χ1) is 6.90. The largest absolute Gasteiger partial charge is 0.480 e. The highest BCUT2D eigenvalue weighted by Gasteiger charge is 2.46. The van der Waals surface area contributed by atoms with E-state index in [0.29, 0.717) is 5.75 Å². The van der Waals surface area contributed by atoms with E-state index in [-0.39, 0.29) is 12.5 Å². The summed E-state index contributed by atoms with van der Waals surface area (Å²) in [4.78, 5) is 23.8. The van der Waals surface area contributed by atoms with Gasteiger partial charge in [0.25, 0.3) is 0 Å². The highest BCUT2D eigenvalue weighted by atomic mass is 32.2. The minimum atomic E-state index is -0.933. The predicted molar refractivity (Wildman–Crippen MR) is 58.7 cm³/mol. The van der Waals surface area contributed by atoms with Gasteiger partial charge in [-0.1, -0.05) is 0 Å². The summed E-state index contributed by atoms with van der Waals surface area (Å²) in [7, 11) is 1.67. The zero-order chi connectivity index (χ0) is 11.6. The van der Waals surface area contributed by atoms with Crippen LogP contribution < -0.4 is 5.32 Å². The third-order valence-corrected chi connectivity index (χ3v) is 3.75. The number of nitrogens with zero attached hydrogens (tertiary/aromatic N) is 1. The lowest BCUT2D eigenvalue weighted by Crippen LogP contribution is -2.52. The lowest BCUT2D eigenvalue weighted by Gasteiger charge is -2.33. The van der Waals surface area contributed by atoms with Crippen molar-refractivity contribution in [1.29, 1.82) is 0 Å². The summed E-state index contributed by atoms with van der Waals surface area (Å²) < 4.78 is 0. The minimum absolute atomic E-state index is 0.167. The molecule has 0 aliphatic carbocycles. The Kier molecular flexibility index (Phi) is 3.62. The van der Waals surface area contributed by atoms with Crippen molar-refractivity contribution < 1.29 is 14.7 Å². The van der Waals surface area contributed by atoms with Crippen LogP contribution >= 0.6 is 11.8 Å². The molecule has 86 valence electrons. The summed E-state index contributed by atoms with van der Waals surface area (Å²) in [5, 5.41) is 11.8. The number of carboxylic acid groups (broad SMARTS) is 1. The molecule has 1 amide bonds. The van der Waals surface area contributed by atoms with Gasteiger partial charge in [-0.2, -0.15) is 0 Å². The minimum Gasteiger partial charge on any atom is -0.480 e. The third kappa shape index (κ3) is 2.43. The quantitative estimate of drug-likeness (QED) is 0.715. The van der Waals surface area contributed by atoms with Crippen molar-refractivity contribution in [3.63, 3.8) is 0 Å². The topological polar surface area (TPSA) is 69.6 Å². The Bertz CT molecular complexity index is 281. The Balaban J connectivity index is 2.87. The molecular formula is C9H16N2O3S. The fraction of sp³-hybridized carbons (Fsp3) is 0.778. The average molecular weight is 232 g/mol. The second-order valence-electron chi connectivity index (χ2n) is 3.91. The Hall–Kier alpha value is -0.750. The molecule has 6 heteroatoms. The van der Waals surface area contributed by atoms with Crippen LogP contribution in [0.5, 0.6) is 0 Å². The standard InChI is InChI=1S/C9H16N2O3S/c1-9(2)11(7(12)4-10-3)6(5-15-9)8(13)14/h6,10H,4-5H2,1-3H3,(H,13,14). The van der Waals surface area contributed by atoms with Gasteiger partial charge in [0.1, 0.15) is 6.04 Å². The number of rotatable bonds is 3. The summed E-state index contributed by atoms with van der Waals surface area (Å²) in [6, 6.07) is -0.703. The molecule has 0 aromatic rings. The van der Waals surface area contributed by atoms with E-state index in [9.17, 15) is 9.59 Å². The van der Waals surface area contributed by atoms with Gasteiger partial charge in [0.2, 0.25) is 5.91 Å². The molecule has 15 heavy (non-hydrogen) atoms. The average Bonchev–Trinajstić information content (AvgIpc) is 2.41. The van der Waals surface area contributed by atoms with E-state index in [1.54, 1.807) is 7.05 Å². The lowest BCUT2D eigenvalue weighted by atomic mass is 10.2. The van der Waals surface area contributed by atoms with E-state index >= 15 is 0 Å². The van der Waals surface area contributed by atoms with Gasteiger partial charge in [0.15, 0.2) is 0 Å². The first-order valence-corrected chi connectivity index (χ1v) is 5.72. The Morgan fingerprint density at radius 3 is 2.67 bits per heavy atom. The summed E-state index contributed by atoms with van der Waals surface area (Å²) in [5.74, 6) is -0.643. The monoisotopic (exact) mass is 232 g/mol. The maximum absolute atomic E-state index is 11.8. The molecule has 0 aromatic heterocycles. The van der Waals surface area contributed by atoms with Crippen LogP contribution in [0, 0.1) is 0 Å². The smallest absolute Gasteiger partial charge is 0.327 e. The number of hydrogen-bond donors (Lipinski definition) is 2. The molecule has 1 rings (SSSR count). The van der Waals surface area contributed by atoms with Crippen molar-refractivity contribution in [2.24, 2.45) is 0 Å². The van der Waals surface area contributed by atoms with E-state index in [0.717, 1.165) is 0 Å². The van der Waals surface area contributed by atoms with Gasteiger partial charge in [-0.15, -0.1) is 11.8 Å². The summed E-state index contributed by atoms with van der Waals surface area (Å²) in [5.41, 5.74) is 0. The molecular weight excluding hydrogens is 216 g/mol. The fourth-order valence-corrected chi connectivity index (χ4v) is 2.92. The number of amides is 1. The first kappa shape index (κ1) is 12.3. The van der Waals surface area contributed by atoms with Crippen LogP contribution in [0.2, 0.25) is 0 Å². The van der Waals surface area contributed by atoms with Crippen LogP contribution in [0.3, 0.4) is 0 Å². The zero-order valence-electron chi connectivity index (χ0n) is 9.11. The molecule has 5 nitrogen and oxygen atoms in total. The first-order valence-electron chi connectivity index (χ1n) is 4.73. The number of hydrogen-bond acceptors (Lipinski definition) is 4. The second kappa shape index (κ2) is 4.40. The number of likely N-dealkylation sites (N-methyl/N-ethyl adjacent to an activating group) is 1. The van der Waals surface area contributed by atoms with Crippen LogP contribution in [0.4, 0.5) is 0 Å². The number of thioether (sulfide) groups is 1. The van der Waals surface area contributed by atoms with Crippen molar-refractivity contribution in [3.8, 4) is 0 Å². The normalized spacial score (nSPS) is 24.2. The SMILES string of the molecule is CNCC(=O)N1C(C(=O)O)CSC1(C)C. The van der Waals surface area contributed by atoms with Crippen molar-refractivity contribution in [1.82, 2.24) is 10.2 Å². The van der Waals surface area contributed by atoms with Crippen LogP contribution in [0.15, 0.2) is 0 Å². The van der Waals surface area contributed by atoms with Gasteiger partial charge in [-0.3, -0.25) is 4.79 Å². The van der Waals surface area contributed by atoms with Crippen LogP contribution in [0.25, 0.3) is 0 Å². The summed E-state index contributed by atoms with van der Waals surface area (Å²) in [6.07, 6.45) is 0. The van der Waals surface area contributed by atoms with Crippen molar-refractivity contribution in [3.05, 3.63) is 0 Å². The van der Waals surface area contributed by atoms with Gasteiger partial charge in [-0.05, 0) is 20.9 Å². The highest BCUT2D eigenvalue weighted by molar-refractivity contribution is 8.00. The number of carbonyl (C=O) groups excluding carboxylic acids is 1. The molecule has 1 saturated heterocycles. The van der Waals surface area contributed by atoms with E-state index in [2.05, 4.69) is 5.32 Å². The number of nitrogens with one attached hydrogen (secondary N) is 1. The Labute approximate surface area is 93.2 Å². The molecule has 2 N–H and O–H groups in total. The van der Waals surface area contributed by atoms with Crippen LogP contribution in [-0.2, 0) is 9.59 Å². The summed E-state index contributed by atoms with van der Waals surface area (Å²) >= 11 is 1.49. The lowest BCUT2D eigenvalue weighted by molar-refractivity contribution is -0.150. The predicted octanol–water partition coefficient (Wildman–Crippen LogP) is -0.0295. The van der Waals surface area contributed by atoms with Gasteiger partial charge < -0.3 is 15.3 Å². The molecule has 0 aromatic carbocycles. The van der Waals surface area contributed by atoms with E-state index in [1.165, 1.54) is 16.7 Å². The molecule has 0 bridgehead atoms. The van der Waals surface area contributed by atoms with Gasteiger partial charge in [-0.25, -0.2) is 4.79 Å². The molecule has 0 spiro atoms. The zero-order valence-corrected chi connectivity index (χ0v) is 9.93. The molecule has 1 aliphatic rings. The molecule has 0 saturated carbocycles. The highest BCUT2D eigenvalue weighted by Crippen LogP contribution is 2.38. The fourth-order valence-electron chi connectivity index (χ4n) is 1.69. The molecule has 1 fully saturated rings. The van der Waals surface area contributed by atoms with Crippen LogP contribution in [-0.4, -0.2) is 52.1 Å². The van der Waals surface area contributed by atoms with Gasteiger partial charge >= 0.3 is 5.97 Å². The van der Waals surface area contributed by atoms with Gasteiger partial charge in [0, 0.05) is 5.75 Å². The molecule has 1 unspecified atom stereocenters. The number of carbonyl (C=O) groups is 2. The van der Waals surface area contributed by atoms with E-state index in [4.69, 9.17) is 5.11 Å². The molecule has 1 atom stereocenters. The molecule has 1 aliphatic heterocycles. The number of carboxylic acids is 1. The maximum Gasteiger partial charge on any atom is 0.327 e. The number of aliphatic carboxylic acids is 1. The van der Waals surface area contributed by atoms with E-state index in [1.807, 2.05) is 13.8 Å². The van der Waals surface area contributed by atoms with Crippen LogP contribution in [0.1, 0.15) is 13.8 Å². The molecule has 1 heterocycles. The summed E-state index contributed by atoms with van der Waals surface area (Å²) in [6.45, 7) is 3.91. The maximum atomic E-state index is 11.8. The molecule has 0 radical (unpaired) electrons. The van der Waals surface area contributed by atoms with Gasteiger partial charge in [0.05, 0.1) is 11.4 Å². The third-order valence-electron chi connectivity index (χ3n) is 2.37. The Morgan fingerprint density at radius 2 is 2.20 bits per heavy atom. The second-order valence-corrected chi connectivity index (χ2v) is 5.53. The Morgan fingerprint density at radius 1 is 1.60 bits per heavy atom. The van der Waals surface area contributed by atoms with Crippen molar-refractivity contribution >= 4 is 23.6 Å². The van der Waals surface area contributed by atoms with E-state index < -0.39 is 16.9 Å².